The molecule has 0 unspecified atom stereocenters. The van der Waals surface area contributed by atoms with Crippen LogP contribution in [0.4, 0.5) is 5.69 Å². The highest BCUT2D eigenvalue weighted by atomic mass is 79.9. The zero-order valence-electron chi connectivity index (χ0n) is 10.5. The van der Waals surface area contributed by atoms with Crippen LogP contribution in [-0.4, -0.2) is 21.0 Å². The van der Waals surface area contributed by atoms with E-state index < -0.39 is 10.9 Å². The molecule has 21 heavy (non-hydrogen) atoms. The Hall–Kier alpha value is -2.48. The van der Waals surface area contributed by atoms with Gasteiger partial charge in [-0.25, -0.2) is 9.78 Å². The zero-order chi connectivity index (χ0) is 15.4. The van der Waals surface area contributed by atoms with E-state index in [-0.39, 0.29) is 23.7 Å². The van der Waals surface area contributed by atoms with Gasteiger partial charge in [0.2, 0.25) is 5.75 Å². The number of ether oxygens (including phenoxy) is 1. The molecule has 1 aromatic carbocycles. The fourth-order valence-electron chi connectivity index (χ4n) is 1.68. The number of nitro benzene ring substituents is 1. The minimum Gasteiger partial charge on any atom is -0.481 e. The zero-order valence-corrected chi connectivity index (χ0v) is 12.1. The molecule has 0 aliphatic rings. The lowest BCUT2D eigenvalue weighted by molar-refractivity contribution is -0.386. The monoisotopic (exact) mass is 352 g/mol. The minimum absolute atomic E-state index is 0.0442. The molecule has 0 spiro atoms. The van der Waals surface area contributed by atoms with Gasteiger partial charge in [-0.15, -0.1) is 0 Å². The number of rotatable bonds is 5. The van der Waals surface area contributed by atoms with Crippen molar-refractivity contribution in [1.29, 1.82) is 0 Å². The number of carboxylic acid groups (broad SMARTS) is 1. The summed E-state index contributed by atoms with van der Waals surface area (Å²) in [5, 5.41) is 20.0. The SMILES string of the molecule is O=C(O)c1ncccc1COc1c(Br)cccc1[N+](=O)[O-]. The van der Waals surface area contributed by atoms with Crippen molar-refractivity contribution < 1.29 is 19.6 Å². The van der Waals surface area contributed by atoms with E-state index in [2.05, 4.69) is 20.9 Å². The van der Waals surface area contributed by atoms with Gasteiger partial charge in [-0.05, 0) is 28.1 Å². The van der Waals surface area contributed by atoms with Crippen molar-refractivity contribution in [3.05, 3.63) is 62.4 Å². The van der Waals surface area contributed by atoms with Gasteiger partial charge in [0.05, 0.1) is 9.40 Å². The molecule has 0 aliphatic heterocycles. The van der Waals surface area contributed by atoms with Crippen molar-refractivity contribution >= 4 is 27.6 Å². The molecular formula is C13H9BrN2O5. The maximum atomic E-state index is 11.0. The molecule has 0 radical (unpaired) electrons. The van der Waals surface area contributed by atoms with Gasteiger partial charge in [-0.2, -0.15) is 0 Å². The van der Waals surface area contributed by atoms with Crippen LogP contribution in [0, 0.1) is 10.1 Å². The summed E-state index contributed by atoms with van der Waals surface area (Å²) >= 11 is 3.18. The maximum Gasteiger partial charge on any atom is 0.354 e. The Labute approximate surface area is 127 Å². The van der Waals surface area contributed by atoms with Crippen molar-refractivity contribution in [2.45, 2.75) is 6.61 Å². The Morgan fingerprint density at radius 2 is 2.14 bits per heavy atom. The number of hydrogen-bond donors (Lipinski definition) is 1. The van der Waals surface area contributed by atoms with Gasteiger partial charge in [0, 0.05) is 17.8 Å². The summed E-state index contributed by atoms with van der Waals surface area (Å²) in [7, 11) is 0. The molecule has 1 aromatic heterocycles. The summed E-state index contributed by atoms with van der Waals surface area (Å²) in [5.74, 6) is -1.14. The van der Waals surface area contributed by atoms with E-state index in [0.717, 1.165) is 0 Å². The number of benzene rings is 1. The maximum absolute atomic E-state index is 11.0. The van der Waals surface area contributed by atoms with Gasteiger partial charge in [0.25, 0.3) is 0 Å². The first-order valence-corrected chi connectivity index (χ1v) is 6.53. The summed E-state index contributed by atoms with van der Waals surface area (Å²) in [6, 6.07) is 7.53. The third kappa shape index (κ3) is 3.34. The van der Waals surface area contributed by atoms with Crippen LogP contribution in [0.5, 0.6) is 5.75 Å². The second-order valence-corrected chi connectivity index (χ2v) is 4.80. The molecule has 2 aromatic rings. The number of nitro groups is 1. The van der Waals surface area contributed by atoms with Crippen LogP contribution in [0.2, 0.25) is 0 Å². The van der Waals surface area contributed by atoms with E-state index in [1.54, 1.807) is 18.2 Å². The number of carbonyl (C=O) groups is 1. The number of para-hydroxylation sites is 1. The fraction of sp³-hybridized carbons (Fsp3) is 0.0769. The van der Waals surface area contributed by atoms with Crippen molar-refractivity contribution in [2.24, 2.45) is 0 Å². The minimum atomic E-state index is -1.18. The van der Waals surface area contributed by atoms with Crippen molar-refractivity contribution in [1.82, 2.24) is 4.98 Å². The molecule has 0 atom stereocenters. The lowest BCUT2D eigenvalue weighted by atomic mass is 10.2. The van der Waals surface area contributed by atoms with Crippen LogP contribution in [0.15, 0.2) is 41.0 Å². The third-order valence-electron chi connectivity index (χ3n) is 2.61. The third-order valence-corrected chi connectivity index (χ3v) is 3.23. The number of carboxylic acids is 1. The Morgan fingerprint density at radius 1 is 1.38 bits per heavy atom. The Balaban J connectivity index is 2.29. The van der Waals surface area contributed by atoms with Gasteiger partial charge >= 0.3 is 11.7 Å². The van der Waals surface area contributed by atoms with Gasteiger partial charge < -0.3 is 9.84 Å². The quantitative estimate of drug-likeness (QED) is 0.655. The average molecular weight is 353 g/mol. The van der Waals surface area contributed by atoms with Gasteiger partial charge in [-0.1, -0.05) is 12.1 Å². The van der Waals surface area contributed by atoms with Crippen LogP contribution < -0.4 is 4.74 Å². The van der Waals surface area contributed by atoms with Crippen LogP contribution in [0.3, 0.4) is 0 Å². The second kappa shape index (κ2) is 6.31. The number of halogens is 1. The highest BCUT2D eigenvalue weighted by Gasteiger charge is 2.19. The standard InChI is InChI=1S/C13H9BrN2O5/c14-9-4-1-5-10(16(19)20)12(9)21-7-8-3-2-6-15-11(8)13(17)18/h1-6H,7H2,(H,17,18). The lowest BCUT2D eigenvalue weighted by Gasteiger charge is -2.09. The first-order chi connectivity index (χ1) is 10.0. The smallest absolute Gasteiger partial charge is 0.354 e. The molecule has 7 nitrogen and oxygen atoms in total. The Kier molecular flexibility index (Phi) is 4.49. The highest BCUT2D eigenvalue weighted by molar-refractivity contribution is 9.10. The Morgan fingerprint density at radius 3 is 2.81 bits per heavy atom. The van der Waals surface area contributed by atoms with Crippen LogP contribution in [0.1, 0.15) is 16.1 Å². The first kappa shape index (κ1) is 14.9. The average Bonchev–Trinajstić information content (AvgIpc) is 2.45. The normalized spacial score (nSPS) is 10.1. The van der Waals surface area contributed by atoms with E-state index in [1.807, 2.05) is 0 Å². The number of pyridine rings is 1. The second-order valence-electron chi connectivity index (χ2n) is 3.95. The molecule has 1 N–H and O–H groups in total. The number of hydrogen-bond acceptors (Lipinski definition) is 5. The molecule has 2 rings (SSSR count). The fourth-order valence-corrected chi connectivity index (χ4v) is 2.15. The van der Waals surface area contributed by atoms with E-state index in [9.17, 15) is 14.9 Å². The van der Waals surface area contributed by atoms with Gasteiger partial charge in [0.15, 0.2) is 5.69 Å². The number of aromatic carboxylic acids is 1. The summed E-state index contributed by atoms with van der Waals surface area (Å²) in [6.07, 6.45) is 1.35. The topological polar surface area (TPSA) is 103 Å². The molecular weight excluding hydrogens is 344 g/mol. The van der Waals surface area contributed by atoms with E-state index in [1.165, 1.54) is 18.3 Å². The lowest BCUT2D eigenvalue weighted by Crippen LogP contribution is -2.08. The number of aromatic nitrogens is 1. The van der Waals surface area contributed by atoms with E-state index in [4.69, 9.17) is 9.84 Å². The Bertz CT molecular complexity index is 705. The summed E-state index contributed by atoms with van der Waals surface area (Å²) in [5.41, 5.74) is -0.0209. The molecule has 0 bridgehead atoms. The molecule has 0 saturated heterocycles. The first-order valence-electron chi connectivity index (χ1n) is 5.73. The van der Waals surface area contributed by atoms with Crippen molar-refractivity contribution in [3.8, 4) is 5.75 Å². The molecule has 0 amide bonds. The van der Waals surface area contributed by atoms with Gasteiger partial charge in [-0.3, -0.25) is 10.1 Å². The molecule has 108 valence electrons. The van der Waals surface area contributed by atoms with Crippen molar-refractivity contribution in [2.75, 3.05) is 0 Å². The summed E-state index contributed by atoms with van der Waals surface area (Å²) in [6.45, 7) is -0.140. The van der Waals surface area contributed by atoms with Crippen molar-refractivity contribution in [3.63, 3.8) is 0 Å². The number of nitrogens with zero attached hydrogens (tertiary/aromatic N) is 2. The molecule has 0 aliphatic carbocycles. The highest BCUT2D eigenvalue weighted by Crippen LogP contribution is 2.35. The largest absolute Gasteiger partial charge is 0.481 e. The molecule has 0 fully saturated rings. The van der Waals surface area contributed by atoms with Crippen LogP contribution >= 0.6 is 15.9 Å². The van der Waals surface area contributed by atoms with Crippen LogP contribution in [0.25, 0.3) is 0 Å². The van der Waals surface area contributed by atoms with E-state index >= 15 is 0 Å². The predicted octanol–water partition coefficient (Wildman–Crippen LogP) is 3.03. The predicted molar refractivity (Wildman–Crippen MR) is 76.3 cm³/mol. The van der Waals surface area contributed by atoms with Gasteiger partial charge in [0.1, 0.15) is 6.61 Å². The summed E-state index contributed by atoms with van der Waals surface area (Å²) < 4.78 is 5.83. The molecule has 0 saturated carbocycles. The van der Waals surface area contributed by atoms with E-state index in [0.29, 0.717) is 10.0 Å². The molecule has 8 heteroatoms. The molecule has 1 heterocycles. The summed E-state index contributed by atoms with van der Waals surface area (Å²) in [4.78, 5) is 25.2. The van der Waals surface area contributed by atoms with Crippen LogP contribution in [-0.2, 0) is 6.61 Å².